The lowest BCUT2D eigenvalue weighted by molar-refractivity contribution is -0.117. The Morgan fingerprint density at radius 2 is 2.07 bits per heavy atom. The van der Waals surface area contributed by atoms with Crippen molar-refractivity contribution in [3.05, 3.63) is 35.1 Å². The van der Waals surface area contributed by atoms with Crippen LogP contribution < -0.4 is 10.6 Å². The first-order valence-electron chi connectivity index (χ1n) is 10.4. The van der Waals surface area contributed by atoms with E-state index in [1.807, 2.05) is 33.0 Å². The van der Waals surface area contributed by atoms with Gasteiger partial charge in [0.1, 0.15) is 6.29 Å². The number of nitrogens with zero attached hydrogens (tertiary/aromatic N) is 1. The van der Waals surface area contributed by atoms with Crippen LogP contribution in [0.3, 0.4) is 0 Å². The van der Waals surface area contributed by atoms with Crippen LogP contribution in [0.4, 0.5) is 0 Å². The smallest absolute Gasteiger partial charge is 0.251 e. The van der Waals surface area contributed by atoms with E-state index in [1.54, 1.807) is 6.92 Å². The second-order valence-electron chi connectivity index (χ2n) is 6.51. The first-order valence-corrected chi connectivity index (χ1v) is 10.4. The molecule has 0 spiro atoms. The normalized spacial score (nSPS) is 19.9. The number of allylic oxidation sites excluding steroid dienone is 3. The standard InChI is InChI=1S/C13H16N2O.C5H11NO.C2H6O.C2H6/c1-15-7-6-12-11(8-15)9-4-2-3-5-10(9)13(16)14-12;1-6-4-2-3-5-7;1-2-3;1-2/h2-3,5,9H,4,6-8H2,1H3,(H,14,16);5-6H,2-4H2,1H3;3H,2H2,1H3;1-2H3. The summed E-state index contributed by atoms with van der Waals surface area (Å²) in [6.45, 7) is 8.91. The van der Waals surface area contributed by atoms with Gasteiger partial charge in [0.05, 0.1) is 0 Å². The van der Waals surface area contributed by atoms with Gasteiger partial charge in [-0.05, 0) is 46.0 Å². The molecule has 1 amide bonds. The van der Waals surface area contributed by atoms with Crippen molar-refractivity contribution in [2.75, 3.05) is 40.3 Å². The lowest BCUT2D eigenvalue weighted by Gasteiger charge is -2.37. The molecule has 160 valence electrons. The van der Waals surface area contributed by atoms with Gasteiger partial charge in [-0.1, -0.05) is 32.1 Å². The van der Waals surface area contributed by atoms with Gasteiger partial charge in [-0.15, -0.1) is 0 Å². The fourth-order valence-corrected chi connectivity index (χ4v) is 3.16. The summed E-state index contributed by atoms with van der Waals surface area (Å²) < 4.78 is 0. The number of aliphatic hydroxyl groups excluding tert-OH is 1. The third kappa shape index (κ3) is 8.95. The summed E-state index contributed by atoms with van der Waals surface area (Å²) in [6.07, 6.45) is 10.6. The Morgan fingerprint density at radius 3 is 2.68 bits per heavy atom. The SMILES string of the molecule is CC.CCO.CN1CCC2=C(C1)C1CC=CC=C1C(=O)N2.CNCCCC=O. The Labute approximate surface area is 170 Å². The molecule has 1 atom stereocenters. The van der Waals surface area contributed by atoms with Crippen molar-refractivity contribution in [3.8, 4) is 0 Å². The van der Waals surface area contributed by atoms with Crippen LogP contribution in [0.2, 0.25) is 0 Å². The summed E-state index contributed by atoms with van der Waals surface area (Å²) in [5.41, 5.74) is 3.54. The molecule has 6 nitrogen and oxygen atoms in total. The highest BCUT2D eigenvalue weighted by molar-refractivity contribution is 5.97. The van der Waals surface area contributed by atoms with Crippen LogP contribution >= 0.6 is 0 Å². The van der Waals surface area contributed by atoms with Crippen molar-refractivity contribution in [1.82, 2.24) is 15.5 Å². The summed E-state index contributed by atoms with van der Waals surface area (Å²) in [4.78, 5) is 23.9. The Balaban J connectivity index is 0.000000514. The van der Waals surface area contributed by atoms with Crippen molar-refractivity contribution >= 4 is 12.2 Å². The molecule has 1 aliphatic carbocycles. The monoisotopic (exact) mass is 393 g/mol. The number of aldehydes is 1. The van der Waals surface area contributed by atoms with Gasteiger partial charge < -0.3 is 25.4 Å². The molecule has 6 heteroatoms. The number of rotatable bonds is 4. The quantitative estimate of drug-likeness (QED) is 0.505. The second kappa shape index (κ2) is 16.2. The number of hydrogen-bond acceptors (Lipinski definition) is 5. The van der Waals surface area contributed by atoms with Gasteiger partial charge in [-0.25, -0.2) is 0 Å². The lowest BCUT2D eigenvalue weighted by atomic mass is 9.79. The van der Waals surface area contributed by atoms with E-state index >= 15 is 0 Å². The van der Waals surface area contributed by atoms with Crippen molar-refractivity contribution in [3.63, 3.8) is 0 Å². The number of aliphatic hydroxyl groups is 1. The predicted molar refractivity (Wildman–Crippen MR) is 116 cm³/mol. The molecule has 3 N–H and O–H groups in total. The molecule has 0 saturated heterocycles. The fraction of sp³-hybridized carbons (Fsp3) is 0.636. The van der Waals surface area contributed by atoms with Gasteiger partial charge in [-0.3, -0.25) is 4.79 Å². The largest absolute Gasteiger partial charge is 0.397 e. The van der Waals surface area contributed by atoms with E-state index in [2.05, 4.69) is 28.7 Å². The minimum absolute atomic E-state index is 0.109. The van der Waals surface area contributed by atoms with Crippen LogP contribution in [0.1, 0.15) is 46.5 Å². The number of carbonyl (C=O) groups excluding carboxylic acids is 2. The maximum atomic E-state index is 11.9. The first-order chi connectivity index (χ1) is 13.6. The molecule has 0 saturated carbocycles. The van der Waals surface area contributed by atoms with Gasteiger partial charge in [0.25, 0.3) is 5.91 Å². The summed E-state index contributed by atoms with van der Waals surface area (Å²) in [6, 6.07) is 0. The van der Waals surface area contributed by atoms with Crippen LogP contribution in [0.25, 0.3) is 0 Å². The number of fused-ring (bicyclic) bond motifs is 2. The molecule has 3 rings (SSSR count). The van der Waals surface area contributed by atoms with Crippen LogP contribution in [-0.4, -0.2) is 62.5 Å². The van der Waals surface area contributed by atoms with E-state index in [9.17, 15) is 9.59 Å². The number of nitrogens with one attached hydrogen (secondary N) is 2. The molecule has 2 heterocycles. The molecule has 0 fully saturated rings. The second-order valence-corrected chi connectivity index (χ2v) is 6.51. The Kier molecular flexibility index (Phi) is 15.2. The van der Waals surface area contributed by atoms with Crippen LogP contribution in [0, 0.1) is 5.92 Å². The highest BCUT2D eigenvalue weighted by atomic mass is 16.2. The highest BCUT2D eigenvalue weighted by Gasteiger charge is 2.34. The number of unbranched alkanes of at least 4 members (excludes halogenated alkanes) is 1. The lowest BCUT2D eigenvalue weighted by Crippen LogP contribution is -2.43. The van der Waals surface area contributed by atoms with Gasteiger partial charge in [0, 0.05) is 49.7 Å². The minimum Gasteiger partial charge on any atom is -0.397 e. The van der Waals surface area contributed by atoms with Crippen LogP contribution in [-0.2, 0) is 9.59 Å². The molecule has 0 aromatic heterocycles. The first kappa shape index (κ1) is 26.2. The van der Waals surface area contributed by atoms with Crippen molar-refractivity contribution in [2.45, 2.75) is 46.5 Å². The van der Waals surface area contributed by atoms with Crippen molar-refractivity contribution in [2.24, 2.45) is 5.92 Å². The van der Waals surface area contributed by atoms with E-state index in [-0.39, 0.29) is 12.5 Å². The summed E-state index contributed by atoms with van der Waals surface area (Å²) >= 11 is 0. The molecular weight excluding hydrogens is 354 g/mol. The maximum absolute atomic E-state index is 11.9. The minimum atomic E-state index is 0.109. The third-order valence-corrected chi connectivity index (χ3v) is 4.43. The molecular formula is C22H39N3O3. The highest BCUT2D eigenvalue weighted by Crippen LogP contribution is 2.35. The molecule has 0 aromatic carbocycles. The van der Waals surface area contributed by atoms with Gasteiger partial charge >= 0.3 is 0 Å². The van der Waals surface area contributed by atoms with Gasteiger partial charge in [0.2, 0.25) is 0 Å². The number of carbonyl (C=O) groups is 2. The van der Waals surface area contributed by atoms with Crippen molar-refractivity contribution < 1.29 is 14.7 Å². The molecule has 3 aliphatic rings. The summed E-state index contributed by atoms with van der Waals surface area (Å²) in [5.74, 6) is 0.439. The summed E-state index contributed by atoms with van der Waals surface area (Å²) in [5, 5.41) is 13.6. The van der Waals surface area contributed by atoms with E-state index in [4.69, 9.17) is 5.11 Å². The molecule has 2 aliphatic heterocycles. The zero-order valence-corrected chi connectivity index (χ0v) is 18.3. The molecule has 0 aromatic rings. The van der Waals surface area contributed by atoms with Gasteiger partial charge in [-0.2, -0.15) is 0 Å². The van der Waals surface area contributed by atoms with E-state index in [0.29, 0.717) is 12.3 Å². The Hall–Kier alpha value is -1.76. The number of amides is 1. The molecule has 0 bridgehead atoms. The zero-order chi connectivity index (χ0) is 21.4. The average molecular weight is 394 g/mol. The molecule has 28 heavy (non-hydrogen) atoms. The Bertz CT molecular complexity index is 553. The molecule has 1 unspecified atom stereocenters. The summed E-state index contributed by atoms with van der Waals surface area (Å²) in [7, 11) is 4.02. The number of hydrogen-bond donors (Lipinski definition) is 3. The topological polar surface area (TPSA) is 81.7 Å². The predicted octanol–water partition coefficient (Wildman–Crippen LogP) is 2.42. The third-order valence-electron chi connectivity index (χ3n) is 4.43. The fourth-order valence-electron chi connectivity index (χ4n) is 3.16. The zero-order valence-electron chi connectivity index (χ0n) is 18.3. The van der Waals surface area contributed by atoms with Crippen LogP contribution in [0.5, 0.6) is 0 Å². The number of likely N-dealkylation sites (N-methyl/N-ethyl adjacent to an activating group) is 1. The van der Waals surface area contributed by atoms with E-state index in [0.717, 1.165) is 50.8 Å². The van der Waals surface area contributed by atoms with E-state index in [1.165, 1.54) is 11.3 Å². The average Bonchev–Trinajstić information content (AvgIpc) is 2.72. The maximum Gasteiger partial charge on any atom is 0.251 e. The van der Waals surface area contributed by atoms with Crippen LogP contribution in [0.15, 0.2) is 35.1 Å². The Morgan fingerprint density at radius 1 is 1.39 bits per heavy atom. The van der Waals surface area contributed by atoms with Crippen molar-refractivity contribution in [1.29, 1.82) is 0 Å². The van der Waals surface area contributed by atoms with E-state index < -0.39 is 0 Å². The molecule has 0 radical (unpaired) electrons. The van der Waals surface area contributed by atoms with Gasteiger partial charge in [0.15, 0.2) is 0 Å².